The van der Waals surface area contributed by atoms with E-state index in [4.69, 9.17) is 9.15 Å². The summed E-state index contributed by atoms with van der Waals surface area (Å²) >= 11 is 1.30. The summed E-state index contributed by atoms with van der Waals surface area (Å²) in [7, 11) is 1.57. The lowest BCUT2D eigenvalue weighted by molar-refractivity contribution is -0.402. The van der Waals surface area contributed by atoms with E-state index < -0.39 is 10.7 Å². The lowest BCUT2D eigenvalue weighted by Gasteiger charge is -2.04. The second-order valence-electron chi connectivity index (χ2n) is 5.25. The summed E-state index contributed by atoms with van der Waals surface area (Å²) in [6.07, 6.45) is 1.32. The van der Waals surface area contributed by atoms with Crippen molar-refractivity contribution in [1.82, 2.24) is 4.68 Å². The molecule has 2 heterocycles. The first-order valence-electron chi connectivity index (χ1n) is 7.83. The van der Waals surface area contributed by atoms with E-state index in [0.29, 0.717) is 29.2 Å². The summed E-state index contributed by atoms with van der Waals surface area (Å²) in [6.45, 7) is 0.844. The van der Waals surface area contributed by atoms with Gasteiger partial charge in [0.25, 0.3) is 0 Å². The monoisotopic (exact) mass is 390 g/mol. The lowest BCUT2D eigenvalue weighted by Crippen LogP contribution is -2.14. The number of nitrogens with zero attached hydrogens (tertiary/aromatic N) is 4. The molecule has 27 heavy (non-hydrogen) atoms. The minimum atomic E-state index is -0.634. The first kappa shape index (κ1) is 18.7. The van der Waals surface area contributed by atoms with Crippen LogP contribution in [0.2, 0.25) is 0 Å². The summed E-state index contributed by atoms with van der Waals surface area (Å²) in [6, 6.07) is 8.99. The van der Waals surface area contributed by atoms with Crippen LogP contribution in [0.3, 0.4) is 0 Å². The summed E-state index contributed by atoms with van der Waals surface area (Å²) in [5.41, 5.74) is 0.871. The molecule has 8 nitrogen and oxygen atoms in total. The van der Waals surface area contributed by atoms with E-state index in [2.05, 4.69) is 10.1 Å². The molecule has 0 N–H and O–H groups in total. The number of ether oxygens (including phenoxy) is 1. The number of rotatable bonds is 7. The van der Waals surface area contributed by atoms with Crippen molar-refractivity contribution in [3.05, 3.63) is 68.3 Å². The van der Waals surface area contributed by atoms with Crippen LogP contribution in [0.1, 0.15) is 5.76 Å². The second-order valence-corrected chi connectivity index (χ2v) is 6.08. The Morgan fingerprint density at radius 2 is 2.19 bits per heavy atom. The van der Waals surface area contributed by atoms with E-state index in [1.54, 1.807) is 30.7 Å². The highest BCUT2D eigenvalue weighted by atomic mass is 32.1. The molecule has 0 aliphatic carbocycles. The van der Waals surface area contributed by atoms with E-state index in [-0.39, 0.29) is 11.6 Å². The van der Waals surface area contributed by atoms with Crippen molar-refractivity contribution in [1.29, 1.82) is 0 Å². The average molecular weight is 390 g/mol. The van der Waals surface area contributed by atoms with Gasteiger partial charge in [-0.3, -0.25) is 15.1 Å². The molecule has 0 fully saturated rings. The standard InChI is InChI=1S/C17H15FN4O4S/c1-25-9-8-19-17-21(20-10-12-6-7-16(26-12)22(23)24)15(11-27-17)13-4-2-3-5-14(13)18/h2-7,10-11H,8-9H2,1H3/b19-17?,20-10-. The number of furan rings is 1. The minimum absolute atomic E-state index is 0.197. The van der Waals surface area contributed by atoms with Gasteiger partial charge in [-0.15, -0.1) is 11.3 Å². The van der Waals surface area contributed by atoms with E-state index in [1.165, 1.54) is 40.4 Å². The SMILES string of the molecule is COCCN=c1scc(-c2ccccc2F)n1/N=C\c1ccc([N+](=O)[O-])o1. The van der Waals surface area contributed by atoms with Crippen LogP contribution < -0.4 is 4.80 Å². The summed E-state index contributed by atoms with van der Waals surface area (Å²) in [5.74, 6) is -0.579. The van der Waals surface area contributed by atoms with Crippen LogP contribution in [0.5, 0.6) is 0 Å². The number of thiazole rings is 1. The van der Waals surface area contributed by atoms with Gasteiger partial charge in [0.15, 0.2) is 5.76 Å². The van der Waals surface area contributed by atoms with Gasteiger partial charge in [-0.05, 0) is 18.2 Å². The highest BCUT2D eigenvalue weighted by Gasteiger charge is 2.13. The molecule has 1 aromatic carbocycles. The fraction of sp³-hybridized carbons (Fsp3) is 0.176. The highest BCUT2D eigenvalue weighted by Crippen LogP contribution is 2.23. The van der Waals surface area contributed by atoms with Gasteiger partial charge in [-0.1, -0.05) is 12.1 Å². The maximum atomic E-state index is 14.2. The molecular formula is C17H15FN4O4S. The normalized spacial score (nSPS) is 12.1. The van der Waals surface area contributed by atoms with E-state index in [9.17, 15) is 14.5 Å². The Labute approximate surface area is 157 Å². The van der Waals surface area contributed by atoms with Crippen LogP contribution in [0.15, 0.2) is 56.3 Å². The number of nitro groups is 1. The Hall–Kier alpha value is -3.11. The van der Waals surface area contributed by atoms with Crippen molar-refractivity contribution in [2.24, 2.45) is 10.1 Å². The minimum Gasteiger partial charge on any atom is -0.400 e. The van der Waals surface area contributed by atoms with Crippen molar-refractivity contribution in [3.8, 4) is 11.3 Å². The molecule has 0 amide bonds. The molecule has 0 atom stereocenters. The number of hydrogen-bond donors (Lipinski definition) is 0. The van der Waals surface area contributed by atoms with Crippen LogP contribution >= 0.6 is 11.3 Å². The third-order valence-corrected chi connectivity index (χ3v) is 4.32. The summed E-state index contributed by atoms with van der Waals surface area (Å²) < 4.78 is 25.7. The average Bonchev–Trinajstić information content (AvgIpc) is 3.28. The first-order chi connectivity index (χ1) is 13.1. The van der Waals surface area contributed by atoms with E-state index >= 15 is 0 Å². The van der Waals surface area contributed by atoms with Gasteiger partial charge in [0.2, 0.25) is 4.80 Å². The largest absolute Gasteiger partial charge is 0.433 e. The van der Waals surface area contributed by atoms with Crippen LogP contribution in [0.25, 0.3) is 11.3 Å². The van der Waals surface area contributed by atoms with Gasteiger partial charge in [0.1, 0.15) is 10.7 Å². The van der Waals surface area contributed by atoms with Gasteiger partial charge in [0, 0.05) is 18.1 Å². The molecule has 0 spiro atoms. The molecule has 0 aliphatic rings. The van der Waals surface area contributed by atoms with Gasteiger partial charge >= 0.3 is 5.88 Å². The Morgan fingerprint density at radius 3 is 2.89 bits per heavy atom. The zero-order valence-electron chi connectivity index (χ0n) is 14.2. The molecule has 0 saturated carbocycles. The first-order valence-corrected chi connectivity index (χ1v) is 8.71. The Kier molecular flexibility index (Phi) is 5.89. The van der Waals surface area contributed by atoms with Crippen molar-refractivity contribution in [3.63, 3.8) is 0 Å². The molecule has 140 valence electrons. The molecule has 0 unspecified atom stereocenters. The molecule has 0 radical (unpaired) electrons. The van der Waals surface area contributed by atoms with Crippen LogP contribution in [0, 0.1) is 15.9 Å². The third kappa shape index (κ3) is 4.36. The second kappa shape index (κ2) is 8.52. The molecule has 0 saturated heterocycles. The number of aromatic nitrogens is 1. The quantitative estimate of drug-likeness (QED) is 0.268. The van der Waals surface area contributed by atoms with Crippen LogP contribution in [-0.4, -0.2) is 36.1 Å². The van der Waals surface area contributed by atoms with Crippen LogP contribution in [-0.2, 0) is 4.74 Å². The summed E-state index contributed by atoms with van der Waals surface area (Å²) in [4.78, 5) is 15.0. The fourth-order valence-electron chi connectivity index (χ4n) is 2.23. The number of hydrogen-bond acceptors (Lipinski definition) is 7. The maximum absolute atomic E-state index is 14.2. The van der Waals surface area contributed by atoms with Crippen molar-refractivity contribution < 1.29 is 18.5 Å². The van der Waals surface area contributed by atoms with Crippen LogP contribution in [0.4, 0.5) is 10.3 Å². The lowest BCUT2D eigenvalue weighted by atomic mass is 10.1. The van der Waals surface area contributed by atoms with Crippen molar-refractivity contribution in [2.75, 3.05) is 20.3 Å². The van der Waals surface area contributed by atoms with Gasteiger partial charge < -0.3 is 9.15 Å². The number of methoxy groups -OCH3 is 1. The predicted octanol–water partition coefficient (Wildman–Crippen LogP) is 3.29. The topological polar surface area (TPSA) is 95.2 Å². The number of benzene rings is 1. The number of halogens is 1. The zero-order chi connectivity index (χ0) is 19.2. The molecule has 2 aromatic heterocycles. The molecular weight excluding hydrogens is 375 g/mol. The van der Waals surface area contributed by atoms with Gasteiger partial charge in [-0.2, -0.15) is 5.10 Å². The Balaban J connectivity index is 2.03. The van der Waals surface area contributed by atoms with Crippen molar-refractivity contribution >= 4 is 23.4 Å². The molecule has 10 heteroatoms. The molecule has 3 aromatic rings. The maximum Gasteiger partial charge on any atom is 0.433 e. The predicted molar refractivity (Wildman–Crippen MR) is 98.4 cm³/mol. The van der Waals surface area contributed by atoms with Gasteiger partial charge in [-0.25, -0.2) is 9.07 Å². The van der Waals surface area contributed by atoms with E-state index in [0.717, 1.165) is 0 Å². The molecule has 3 rings (SSSR count). The fourth-order valence-corrected chi connectivity index (χ4v) is 3.09. The third-order valence-electron chi connectivity index (χ3n) is 3.47. The Morgan fingerprint density at radius 1 is 1.37 bits per heavy atom. The smallest absolute Gasteiger partial charge is 0.400 e. The zero-order valence-corrected chi connectivity index (χ0v) is 15.1. The highest BCUT2D eigenvalue weighted by molar-refractivity contribution is 7.07. The summed E-state index contributed by atoms with van der Waals surface area (Å²) in [5, 5.41) is 16.8. The molecule has 0 bridgehead atoms. The molecule has 0 aliphatic heterocycles. The van der Waals surface area contributed by atoms with Gasteiger partial charge in [0.05, 0.1) is 31.1 Å². The van der Waals surface area contributed by atoms with Crippen molar-refractivity contribution in [2.45, 2.75) is 0 Å². The van der Waals surface area contributed by atoms with E-state index in [1.807, 2.05) is 0 Å². The Bertz CT molecular complexity index is 1040.